The summed E-state index contributed by atoms with van der Waals surface area (Å²) < 4.78 is 0. The normalized spacial score (nSPS) is 47.2. The molecule has 4 fully saturated rings. The van der Waals surface area contributed by atoms with E-state index in [2.05, 4.69) is 24.6 Å². The Labute approximate surface area is 149 Å². The van der Waals surface area contributed by atoms with E-state index in [1.165, 1.54) is 32.4 Å². The number of hydrogen-bond donors (Lipinski definition) is 2. The summed E-state index contributed by atoms with van der Waals surface area (Å²) in [5.41, 5.74) is 0.776. The van der Waals surface area contributed by atoms with Gasteiger partial charge in [-0.2, -0.15) is 0 Å². The van der Waals surface area contributed by atoms with Crippen LogP contribution in [0.15, 0.2) is 0 Å². The number of fused-ring (bicyclic) bond motifs is 3. The van der Waals surface area contributed by atoms with Crippen molar-refractivity contribution in [2.45, 2.75) is 71.1 Å². The van der Waals surface area contributed by atoms with Crippen LogP contribution >= 0.6 is 0 Å². The molecule has 2 N–H and O–H groups in total. The fraction of sp³-hybridized carbons (Fsp3) is 1.00. The van der Waals surface area contributed by atoms with E-state index in [9.17, 15) is 0 Å². The van der Waals surface area contributed by atoms with Crippen molar-refractivity contribution in [1.29, 1.82) is 0 Å². The third-order valence-electron chi connectivity index (χ3n) is 8.80. The summed E-state index contributed by atoms with van der Waals surface area (Å²) in [4.78, 5) is 0. The topological polar surface area (TPSA) is 24.1 Å². The molecule has 4 aliphatic rings. The Hall–Kier alpha value is -0.0800. The molecule has 4 saturated carbocycles. The van der Waals surface area contributed by atoms with Crippen molar-refractivity contribution >= 4 is 0 Å². The van der Waals surface area contributed by atoms with Crippen molar-refractivity contribution in [3.8, 4) is 0 Å². The van der Waals surface area contributed by atoms with Crippen molar-refractivity contribution in [3.05, 3.63) is 0 Å². The molecule has 5 unspecified atom stereocenters. The van der Waals surface area contributed by atoms with Gasteiger partial charge < -0.3 is 10.6 Å². The van der Waals surface area contributed by atoms with Crippen molar-refractivity contribution in [3.63, 3.8) is 0 Å². The van der Waals surface area contributed by atoms with E-state index in [1.54, 1.807) is 44.9 Å². The number of hydrogen-bond acceptors (Lipinski definition) is 2. The Kier molecular flexibility index (Phi) is 5.25. The average Bonchev–Trinajstić information content (AvgIpc) is 2.85. The second kappa shape index (κ2) is 7.27. The molecule has 0 aromatic heterocycles. The van der Waals surface area contributed by atoms with Crippen LogP contribution in [-0.4, -0.2) is 26.7 Å². The molecule has 4 aliphatic carbocycles. The van der Waals surface area contributed by atoms with E-state index in [4.69, 9.17) is 0 Å². The molecule has 7 atom stereocenters. The van der Waals surface area contributed by atoms with Crippen molar-refractivity contribution in [2.75, 3.05) is 26.7 Å². The molecular weight excluding hydrogens is 292 g/mol. The van der Waals surface area contributed by atoms with Crippen LogP contribution in [0.3, 0.4) is 0 Å². The summed E-state index contributed by atoms with van der Waals surface area (Å²) in [6, 6.07) is 0. The van der Waals surface area contributed by atoms with E-state index >= 15 is 0 Å². The smallest absolute Gasteiger partial charge is 0.00176 e. The maximum absolute atomic E-state index is 3.79. The minimum Gasteiger partial charge on any atom is -0.320 e. The van der Waals surface area contributed by atoms with E-state index < -0.39 is 0 Å². The second-order valence-corrected chi connectivity index (χ2v) is 9.91. The van der Waals surface area contributed by atoms with Gasteiger partial charge in [0.1, 0.15) is 0 Å². The minimum atomic E-state index is 0.776. The zero-order valence-corrected chi connectivity index (χ0v) is 16.2. The molecule has 2 heteroatoms. The van der Waals surface area contributed by atoms with Gasteiger partial charge in [0, 0.05) is 0 Å². The largest absolute Gasteiger partial charge is 0.320 e. The molecule has 0 aromatic rings. The van der Waals surface area contributed by atoms with Crippen LogP contribution in [0, 0.1) is 40.9 Å². The van der Waals surface area contributed by atoms with E-state index in [-0.39, 0.29) is 0 Å². The van der Waals surface area contributed by atoms with Gasteiger partial charge in [-0.05, 0) is 119 Å². The molecule has 2 nitrogen and oxygen atoms in total. The second-order valence-electron chi connectivity index (χ2n) is 9.91. The summed E-state index contributed by atoms with van der Waals surface area (Å²) in [6.45, 7) is 6.21. The molecule has 0 saturated heterocycles. The highest BCUT2D eigenvalue weighted by molar-refractivity contribution is 5.08. The quantitative estimate of drug-likeness (QED) is 0.702. The maximum Gasteiger partial charge on any atom is -0.00176 e. The van der Waals surface area contributed by atoms with Crippen LogP contribution in [-0.2, 0) is 0 Å². The lowest BCUT2D eigenvalue weighted by Gasteiger charge is -2.55. The lowest BCUT2D eigenvalue weighted by molar-refractivity contribution is -0.0552. The van der Waals surface area contributed by atoms with Crippen molar-refractivity contribution in [1.82, 2.24) is 10.6 Å². The first-order valence-electron chi connectivity index (χ1n) is 11.1. The lowest BCUT2D eigenvalue weighted by Crippen LogP contribution is -2.46. The Morgan fingerprint density at radius 1 is 0.958 bits per heavy atom. The molecule has 0 aliphatic heterocycles. The van der Waals surface area contributed by atoms with Gasteiger partial charge in [0.05, 0.1) is 0 Å². The van der Waals surface area contributed by atoms with Gasteiger partial charge in [-0.1, -0.05) is 19.8 Å². The van der Waals surface area contributed by atoms with Gasteiger partial charge >= 0.3 is 0 Å². The molecule has 24 heavy (non-hydrogen) atoms. The van der Waals surface area contributed by atoms with Gasteiger partial charge in [0.15, 0.2) is 0 Å². The monoisotopic (exact) mass is 332 g/mol. The van der Waals surface area contributed by atoms with Crippen LogP contribution in [0.25, 0.3) is 0 Å². The van der Waals surface area contributed by atoms with Gasteiger partial charge in [-0.25, -0.2) is 0 Å². The number of nitrogens with one attached hydrogen (secondary N) is 2. The third kappa shape index (κ3) is 3.07. The molecule has 0 radical (unpaired) electrons. The highest BCUT2D eigenvalue weighted by Crippen LogP contribution is 2.66. The highest BCUT2D eigenvalue weighted by Gasteiger charge is 2.57. The summed E-state index contributed by atoms with van der Waals surface area (Å²) >= 11 is 0. The van der Waals surface area contributed by atoms with Gasteiger partial charge in [-0.3, -0.25) is 0 Å². The van der Waals surface area contributed by atoms with Crippen molar-refractivity contribution in [2.24, 2.45) is 40.9 Å². The fourth-order valence-electron chi connectivity index (χ4n) is 7.75. The van der Waals surface area contributed by atoms with Crippen LogP contribution in [0.2, 0.25) is 0 Å². The molecule has 0 amide bonds. The molecule has 2 bridgehead atoms. The van der Waals surface area contributed by atoms with E-state index in [1.807, 2.05) is 0 Å². The zero-order chi connectivity index (χ0) is 16.6. The lowest BCUT2D eigenvalue weighted by atomic mass is 9.50. The zero-order valence-electron chi connectivity index (χ0n) is 16.2. The Morgan fingerprint density at radius 3 is 2.75 bits per heavy atom. The molecule has 0 aromatic carbocycles. The Morgan fingerprint density at radius 2 is 1.88 bits per heavy atom. The summed E-state index contributed by atoms with van der Waals surface area (Å²) in [6.07, 6.45) is 15.3. The summed E-state index contributed by atoms with van der Waals surface area (Å²) in [5.74, 6) is 6.35. The number of rotatable bonds is 6. The highest BCUT2D eigenvalue weighted by atomic mass is 14.9. The van der Waals surface area contributed by atoms with Crippen LogP contribution in [0.4, 0.5) is 0 Å². The SMILES string of the molecule is CNCCCNC[C@H]1CC23CCC4C(CCC[C@@H]4C)C2CCC1C3. The predicted molar refractivity (Wildman–Crippen MR) is 102 cm³/mol. The van der Waals surface area contributed by atoms with Crippen LogP contribution in [0.5, 0.6) is 0 Å². The first kappa shape index (κ1) is 17.3. The van der Waals surface area contributed by atoms with E-state index in [0.717, 1.165) is 47.5 Å². The maximum atomic E-state index is 3.79. The van der Waals surface area contributed by atoms with Crippen LogP contribution in [0.1, 0.15) is 71.1 Å². The molecule has 0 heterocycles. The minimum absolute atomic E-state index is 0.776. The Bertz CT molecular complexity index is 422. The van der Waals surface area contributed by atoms with E-state index in [0.29, 0.717) is 0 Å². The fourth-order valence-corrected chi connectivity index (χ4v) is 7.75. The standard InChI is InChI=1S/C22H40N2/c1-16-5-3-6-20-19(16)9-10-22-13-17(7-8-21(20)22)18(14-22)15-24-12-4-11-23-2/h16-21,23-24H,3-15H2,1-2H3/t16-,17?,18+,19?,20?,21?,22?/m0/s1. The summed E-state index contributed by atoms with van der Waals surface area (Å²) in [5, 5.41) is 7.05. The van der Waals surface area contributed by atoms with Gasteiger partial charge in [-0.15, -0.1) is 0 Å². The summed E-state index contributed by atoms with van der Waals surface area (Å²) in [7, 11) is 2.06. The predicted octanol–water partition coefficient (Wildman–Crippen LogP) is 4.45. The third-order valence-corrected chi connectivity index (χ3v) is 8.80. The molecule has 1 spiro atoms. The van der Waals surface area contributed by atoms with Crippen molar-refractivity contribution < 1.29 is 0 Å². The molecule has 4 rings (SSSR count). The Balaban J connectivity index is 1.37. The first-order valence-corrected chi connectivity index (χ1v) is 11.1. The van der Waals surface area contributed by atoms with Gasteiger partial charge in [0.25, 0.3) is 0 Å². The van der Waals surface area contributed by atoms with Crippen LogP contribution < -0.4 is 10.6 Å². The average molecular weight is 333 g/mol. The first-order chi connectivity index (χ1) is 11.7. The van der Waals surface area contributed by atoms with Gasteiger partial charge in [0.2, 0.25) is 0 Å². The molecular formula is C22H40N2. The molecule has 138 valence electrons.